The Bertz CT molecular complexity index is 692. The van der Waals surface area contributed by atoms with Crippen LogP contribution in [0.2, 0.25) is 0 Å². The Morgan fingerprint density at radius 1 is 0.880 bits per heavy atom. The molecular formula is C12H16O11P2. The van der Waals surface area contributed by atoms with Crippen molar-refractivity contribution >= 4 is 27.1 Å². The summed E-state index contributed by atoms with van der Waals surface area (Å²) in [5.41, 5.74) is -5.63. The Hall–Kier alpha value is -1.74. The van der Waals surface area contributed by atoms with Gasteiger partial charge in [0.1, 0.15) is 5.75 Å². The minimum atomic E-state index is -5.47. The largest absolute Gasteiger partial charge is 0.497 e. The Morgan fingerprint density at radius 3 is 1.48 bits per heavy atom. The monoisotopic (exact) mass is 398 g/mol. The molecule has 13 heteroatoms. The van der Waals surface area contributed by atoms with E-state index < -0.39 is 44.4 Å². The van der Waals surface area contributed by atoms with Crippen LogP contribution < -0.4 is 4.74 Å². The lowest BCUT2D eigenvalue weighted by Gasteiger charge is -2.30. The van der Waals surface area contributed by atoms with E-state index in [1.54, 1.807) is 0 Å². The number of carboxylic acids is 2. The fraction of sp³-hybridized carbons (Fsp3) is 0.333. The predicted octanol–water partition coefficient (Wildman–Crippen LogP) is 0.0406. The lowest BCUT2D eigenvalue weighted by atomic mass is 9.91. The Balaban J connectivity index is 3.70. The molecule has 1 rings (SSSR count). The van der Waals surface area contributed by atoms with Crippen molar-refractivity contribution in [3.63, 3.8) is 0 Å². The van der Waals surface area contributed by atoms with Crippen molar-refractivity contribution in [1.29, 1.82) is 0 Å². The van der Waals surface area contributed by atoms with Crippen LogP contribution in [0.25, 0.3) is 0 Å². The summed E-state index contributed by atoms with van der Waals surface area (Å²) in [6.07, 6.45) is 0. The Labute approximate surface area is 141 Å². The summed E-state index contributed by atoms with van der Waals surface area (Å²) >= 11 is 0. The first-order chi connectivity index (χ1) is 11.3. The van der Waals surface area contributed by atoms with E-state index in [4.69, 9.17) is 4.74 Å². The average molecular weight is 398 g/mol. The summed E-state index contributed by atoms with van der Waals surface area (Å²) in [5.74, 6) is -6.11. The molecule has 0 amide bonds. The smallest absolute Gasteiger partial charge is 0.340 e. The van der Waals surface area contributed by atoms with E-state index in [1.807, 2.05) is 0 Å². The van der Waals surface area contributed by atoms with Crippen molar-refractivity contribution in [2.45, 2.75) is 17.2 Å². The van der Waals surface area contributed by atoms with E-state index >= 15 is 0 Å². The molecule has 25 heavy (non-hydrogen) atoms. The lowest BCUT2D eigenvalue weighted by molar-refractivity contribution is -0.139. The Morgan fingerprint density at radius 2 is 1.24 bits per heavy atom. The molecule has 2 atom stereocenters. The number of hydrogen-bond acceptors (Lipinski definition) is 5. The average Bonchev–Trinajstić information content (AvgIpc) is 2.43. The van der Waals surface area contributed by atoms with Crippen molar-refractivity contribution in [2.24, 2.45) is 0 Å². The van der Waals surface area contributed by atoms with Gasteiger partial charge in [-0.15, -0.1) is 0 Å². The highest BCUT2D eigenvalue weighted by Gasteiger charge is 2.54. The molecule has 6 N–H and O–H groups in total. The molecule has 0 radical (unpaired) electrons. The van der Waals surface area contributed by atoms with Gasteiger partial charge in [0.15, 0.2) is 11.3 Å². The van der Waals surface area contributed by atoms with Gasteiger partial charge >= 0.3 is 27.1 Å². The van der Waals surface area contributed by atoms with Gasteiger partial charge in [-0.3, -0.25) is 18.7 Å². The van der Waals surface area contributed by atoms with Crippen molar-refractivity contribution in [3.05, 3.63) is 29.8 Å². The van der Waals surface area contributed by atoms with Gasteiger partial charge in [-0.05, 0) is 17.7 Å². The third-order valence-electron chi connectivity index (χ3n) is 3.41. The highest BCUT2D eigenvalue weighted by atomic mass is 31.2. The molecule has 0 aliphatic heterocycles. The van der Waals surface area contributed by atoms with E-state index in [1.165, 1.54) is 19.2 Å². The standard InChI is InChI=1S/C12H16O11P2/c1-23-7-4-2-6(3-5-7)8(9(11(13)14)24(17,18)19)10(12(15)16)25(20,21)22/h2-5,8-10H,1H3,(H,13,14)(H,15,16)(H2,17,18,19)(H2,20,21,22). The van der Waals surface area contributed by atoms with E-state index in [-0.39, 0.29) is 11.3 Å². The van der Waals surface area contributed by atoms with Crippen LogP contribution in [0, 0.1) is 0 Å². The van der Waals surface area contributed by atoms with Crippen LogP contribution in [0.1, 0.15) is 11.5 Å². The van der Waals surface area contributed by atoms with Gasteiger partial charge in [-0.1, -0.05) is 12.1 Å². The molecule has 0 saturated heterocycles. The number of carbonyl (C=O) groups is 2. The summed E-state index contributed by atoms with van der Waals surface area (Å²) < 4.78 is 28.1. The van der Waals surface area contributed by atoms with E-state index in [0.717, 1.165) is 12.1 Å². The third-order valence-corrected chi connectivity index (χ3v) is 5.95. The molecule has 11 nitrogen and oxygen atoms in total. The number of aliphatic carboxylic acids is 2. The van der Waals surface area contributed by atoms with Gasteiger partial charge in [0.05, 0.1) is 7.11 Å². The highest BCUT2D eigenvalue weighted by Crippen LogP contribution is 2.56. The summed E-state index contributed by atoms with van der Waals surface area (Å²) in [6.45, 7) is 0. The topological polar surface area (TPSA) is 199 Å². The molecule has 0 aliphatic rings. The second-order valence-electron chi connectivity index (χ2n) is 5.04. The zero-order chi connectivity index (χ0) is 19.6. The van der Waals surface area contributed by atoms with Crippen LogP contribution in [0.5, 0.6) is 5.75 Å². The zero-order valence-corrected chi connectivity index (χ0v) is 14.4. The first-order valence-corrected chi connectivity index (χ1v) is 9.87. The highest BCUT2D eigenvalue weighted by molar-refractivity contribution is 7.55. The molecule has 0 fully saturated rings. The third kappa shape index (κ3) is 5.12. The fourth-order valence-corrected chi connectivity index (χ4v) is 4.61. The summed E-state index contributed by atoms with van der Waals surface area (Å²) in [6, 6.07) is 4.64. The molecule has 140 valence electrons. The minimum Gasteiger partial charge on any atom is -0.497 e. The van der Waals surface area contributed by atoms with Gasteiger partial charge in [0.2, 0.25) is 0 Å². The molecule has 0 aliphatic carbocycles. The molecule has 1 aromatic carbocycles. The second-order valence-corrected chi connectivity index (χ2v) is 8.51. The molecule has 1 aromatic rings. The number of benzene rings is 1. The number of hydrogen-bond donors (Lipinski definition) is 6. The maximum absolute atomic E-state index is 11.6. The fourth-order valence-electron chi connectivity index (χ4n) is 2.38. The number of methoxy groups -OCH3 is 1. The zero-order valence-electron chi connectivity index (χ0n) is 12.7. The Kier molecular flexibility index (Phi) is 6.52. The van der Waals surface area contributed by atoms with Crippen molar-refractivity contribution in [2.75, 3.05) is 7.11 Å². The van der Waals surface area contributed by atoms with Gasteiger partial charge in [-0.2, -0.15) is 0 Å². The molecule has 0 saturated carbocycles. The van der Waals surface area contributed by atoms with Gasteiger partial charge in [0, 0.05) is 5.92 Å². The first-order valence-electron chi connectivity index (χ1n) is 6.50. The maximum atomic E-state index is 11.6. The molecule has 2 unspecified atom stereocenters. The lowest BCUT2D eigenvalue weighted by Crippen LogP contribution is -2.39. The molecule has 0 bridgehead atoms. The first kappa shape index (κ1) is 21.3. The summed E-state index contributed by atoms with van der Waals surface area (Å²) in [5, 5.41) is 18.3. The normalized spacial score (nSPS) is 15.9. The maximum Gasteiger partial charge on any atom is 0.340 e. The van der Waals surface area contributed by atoms with Crippen LogP contribution in [0.15, 0.2) is 24.3 Å². The van der Waals surface area contributed by atoms with E-state index in [2.05, 4.69) is 0 Å². The van der Waals surface area contributed by atoms with Crippen molar-refractivity contribution < 1.29 is 53.2 Å². The van der Waals surface area contributed by atoms with Crippen LogP contribution in [-0.4, -0.2) is 60.2 Å². The van der Waals surface area contributed by atoms with Crippen LogP contribution in [-0.2, 0) is 18.7 Å². The van der Waals surface area contributed by atoms with Gasteiger partial charge in [-0.25, -0.2) is 0 Å². The van der Waals surface area contributed by atoms with Crippen LogP contribution in [0.4, 0.5) is 0 Å². The molecule has 0 aromatic heterocycles. The summed E-state index contributed by atoms with van der Waals surface area (Å²) in [4.78, 5) is 60.1. The van der Waals surface area contributed by atoms with E-state index in [0.29, 0.717) is 0 Å². The number of rotatable bonds is 8. The summed E-state index contributed by atoms with van der Waals surface area (Å²) in [7, 11) is -9.64. The van der Waals surface area contributed by atoms with Gasteiger partial charge < -0.3 is 34.5 Å². The van der Waals surface area contributed by atoms with Gasteiger partial charge in [0.25, 0.3) is 0 Å². The number of carboxylic acid groups (broad SMARTS) is 2. The van der Waals surface area contributed by atoms with Crippen molar-refractivity contribution in [3.8, 4) is 5.75 Å². The van der Waals surface area contributed by atoms with Crippen LogP contribution in [0.3, 0.4) is 0 Å². The molecule has 0 spiro atoms. The van der Waals surface area contributed by atoms with Crippen molar-refractivity contribution in [1.82, 2.24) is 0 Å². The quantitative estimate of drug-likeness (QED) is 0.323. The predicted molar refractivity (Wildman–Crippen MR) is 82.7 cm³/mol. The minimum absolute atomic E-state index is 0.258. The van der Waals surface area contributed by atoms with Crippen LogP contribution >= 0.6 is 15.2 Å². The number of ether oxygens (including phenoxy) is 1. The van der Waals surface area contributed by atoms with E-state index in [9.17, 15) is 48.5 Å². The SMILES string of the molecule is COc1ccc(C(C(C(=O)O)P(=O)(O)O)C(C(=O)O)P(=O)(O)O)cc1. The molecular weight excluding hydrogens is 382 g/mol. The molecule has 0 heterocycles. The second kappa shape index (κ2) is 7.65.